The fraction of sp³-hybridized carbons (Fsp3) is 0.250. The van der Waals surface area contributed by atoms with Crippen molar-refractivity contribution in [3.05, 3.63) is 82.4 Å². The standard InChI is InChI=1S/C20H18N2O3/c23-20(15-4-2-1-3-5-15)19-14-6-8-16(9-7-14)21(19)17-10-12-18(13-11-17)22(24)25/h1-6,8,10-14,16,19H,7,9H2/t14-,16+,19-/m0/s1. The lowest BCUT2D eigenvalue weighted by Crippen LogP contribution is -2.56. The van der Waals surface area contributed by atoms with Gasteiger partial charge in [-0.15, -0.1) is 0 Å². The van der Waals surface area contributed by atoms with Crippen molar-refractivity contribution in [2.24, 2.45) is 5.92 Å². The lowest BCUT2D eigenvalue weighted by Gasteiger charge is -2.48. The summed E-state index contributed by atoms with van der Waals surface area (Å²) in [6, 6.07) is 15.8. The molecule has 3 atom stereocenters. The molecule has 126 valence electrons. The smallest absolute Gasteiger partial charge is 0.269 e. The molecule has 3 aliphatic rings. The van der Waals surface area contributed by atoms with E-state index in [4.69, 9.17) is 0 Å². The number of hydrogen-bond acceptors (Lipinski definition) is 4. The maximum atomic E-state index is 13.2. The summed E-state index contributed by atoms with van der Waals surface area (Å²) < 4.78 is 0. The number of benzene rings is 2. The predicted octanol–water partition coefficient (Wildman–Crippen LogP) is 4.00. The van der Waals surface area contributed by atoms with E-state index in [2.05, 4.69) is 17.1 Å². The molecule has 2 bridgehead atoms. The van der Waals surface area contributed by atoms with Crippen LogP contribution in [-0.4, -0.2) is 22.8 Å². The largest absolute Gasteiger partial charge is 0.354 e. The molecule has 0 unspecified atom stereocenters. The first-order valence-electron chi connectivity index (χ1n) is 8.45. The van der Waals surface area contributed by atoms with Gasteiger partial charge in [-0.2, -0.15) is 0 Å². The first kappa shape index (κ1) is 15.6. The van der Waals surface area contributed by atoms with Crippen molar-refractivity contribution in [3.63, 3.8) is 0 Å². The maximum absolute atomic E-state index is 13.2. The summed E-state index contributed by atoms with van der Waals surface area (Å²) in [6.07, 6.45) is 6.30. The molecule has 0 spiro atoms. The second-order valence-corrected chi connectivity index (χ2v) is 6.55. The Bertz CT molecular complexity index is 830. The van der Waals surface area contributed by atoms with Gasteiger partial charge in [-0.1, -0.05) is 42.5 Å². The third-order valence-electron chi connectivity index (χ3n) is 5.12. The van der Waals surface area contributed by atoms with Crippen molar-refractivity contribution in [2.45, 2.75) is 24.9 Å². The highest BCUT2D eigenvalue weighted by atomic mass is 16.6. The first-order valence-corrected chi connectivity index (χ1v) is 8.45. The van der Waals surface area contributed by atoms with Crippen LogP contribution in [0.3, 0.4) is 0 Å². The summed E-state index contributed by atoms with van der Waals surface area (Å²) in [7, 11) is 0. The van der Waals surface area contributed by atoms with Gasteiger partial charge in [-0.05, 0) is 25.0 Å². The number of carbonyl (C=O) groups is 1. The lowest BCUT2D eigenvalue weighted by atomic mass is 9.76. The van der Waals surface area contributed by atoms with Crippen molar-refractivity contribution < 1.29 is 9.72 Å². The quantitative estimate of drug-likeness (QED) is 0.367. The second-order valence-electron chi connectivity index (χ2n) is 6.55. The van der Waals surface area contributed by atoms with Crippen molar-refractivity contribution in [2.75, 3.05) is 4.90 Å². The fourth-order valence-electron chi connectivity index (χ4n) is 3.93. The van der Waals surface area contributed by atoms with Gasteiger partial charge in [0.15, 0.2) is 5.78 Å². The zero-order chi connectivity index (χ0) is 17.4. The molecular weight excluding hydrogens is 316 g/mol. The van der Waals surface area contributed by atoms with Crippen LogP contribution in [0.4, 0.5) is 11.4 Å². The van der Waals surface area contributed by atoms with Gasteiger partial charge in [0.05, 0.1) is 11.0 Å². The molecule has 0 aromatic heterocycles. The van der Waals surface area contributed by atoms with Gasteiger partial charge in [-0.3, -0.25) is 14.9 Å². The average molecular weight is 334 g/mol. The van der Waals surface area contributed by atoms with Crippen LogP contribution in [-0.2, 0) is 0 Å². The summed E-state index contributed by atoms with van der Waals surface area (Å²) >= 11 is 0. The van der Waals surface area contributed by atoms with E-state index in [1.165, 1.54) is 12.1 Å². The molecule has 0 radical (unpaired) electrons. The van der Waals surface area contributed by atoms with Gasteiger partial charge in [0.25, 0.3) is 5.69 Å². The monoisotopic (exact) mass is 334 g/mol. The number of piperidine rings is 1. The fourth-order valence-corrected chi connectivity index (χ4v) is 3.93. The van der Waals surface area contributed by atoms with Crippen LogP contribution >= 0.6 is 0 Å². The molecule has 1 fully saturated rings. The highest BCUT2D eigenvalue weighted by molar-refractivity contribution is 6.02. The Balaban J connectivity index is 1.72. The third kappa shape index (κ3) is 2.71. The average Bonchev–Trinajstić information content (AvgIpc) is 2.68. The number of fused-ring (bicyclic) bond motifs is 2. The van der Waals surface area contributed by atoms with Gasteiger partial charge >= 0.3 is 0 Å². The van der Waals surface area contributed by atoms with E-state index in [1.807, 2.05) is 30.3 Å². The van der Waals surface area contributed by atoms with Crippen molar-refractivity contribution in [3.8, 4) is 0 Å². The first-order chi connectivity index (χ1) is 12.1. The number of nitro benzene ring substituents is 1. The van der Waals surface area contributed by atoms with E-state index in [0.717, 1.165) is 18.5 Å². The Hall–Kier alpha value is -2.95. The van der Waals surface area contributed by atoms with E-state index in [9.17, 15) is 14.9 Å². The van der Waals surface area contributed by atoms with Crippen LogP contribution in [0.1, 0.15) is 23.2 Å². The van der Waals surface area contributed by atoms with Crippen LogP contribution in [0.5, 0.6) is 0 Å². The van der Waals surface area contributed by atoms with Crippen molar-refractivity contribution >= 4 is 17.2 Å². The SMILES string of the molecule is O=C(c1ccccc1)[C@@H]1[C@H]2C=C[C@H](CC2)N1c1ccc([N+](=O)[O-])cc1. The number of hydrogen-bond donors (Lipinski definition) is 0. The van der Waals surface area contributed by atoms with Crippen LogP contribution in [0.15, 0.2) is 66.7 Å². The van der Waals surface area contributed by atoms with Gasteiger partial charge in [0.1, 0.15) is 0 Å². The van der Waals surface area contributed by atoms with Crippen LogP contribution < -0.4 is 4.90 Å². The summed E-state index contributed by atoms with van der Waals surface area (Å²) in [5.41, 5.74) is 1.63. The number of anilines is 1. The number of Topliss-reactive ketones (excluding diaryl/α,β-unsaturated/α-hetero) is 1. The molecule has 1 aliphatic carbocycles. The molecule has 0 saturated carbocycles. The molecule has 2 aromatic carbocycles. The molecule has 0 N–H and O–H groups in total. The zero-order valence-electron chi connectivity index (χ0n) is 13.6. The molecular formula is C20H18N2O3. The Morgan fingerprint density at radius 3 is 2.32 bits per heavy atom. The van der Waals surface area contributed by atoms with E-state index >= 15 is 0 Å². The summed E-state index contributed by atoms with van der Waals surface area (Å²) in [6.45, 7) is 0. The van der Waals surface area contributed by atoms with Gasteiger partial charge in [-0.25, -0.2) is 0 Å². The Morgan fingerprint density at radius 1 is 1.00 bits per heavy atom. The molecule has 0 amide bonds. The number of carbonyl (C=O) groups excluding carboxylic acids is 1. The number of nitrogens with zero attached hydrogens (tertiary/aromatic N) is 2. The minimum atomic E-state index is -0.404. The normalized spacial score (nSPS) is 24.3. The molecule has 2 heterocycles. The molecule has 2 aliphatic heterocycles. The lowest BCUT2D eigenvalue weighted by molar-refractivity contribution is -0.384. The van der Waals surface area contributed by atoms with Crippen molar-refractivity contribution in [1.29, 1.82) is 0 Å². The van der Waals surface area contributed by atoms with Gasteiger partial charge in [0.2, 0.25) is 0 Å². The third-order valence-corrected chi connectivity index (χ3v) is 5.12. The van der Waals surface area contributed by atoms with E-state index in [-0.39, 0.29) is 29.5 Å². The molecule has 1 saturated heterocycles. The predicted molar refractivity (Wildman–Crippen MR) is 95.8 cm³/mol. The highest BCUT2D eigenvalue weighted by Crippen LogP contribution is 2.39. The summed E-state index contributed by atoms with van der Waals surface area (Å²) in [5, 5.41) is 10.9. The van der Waals surface area contributed by atoms with Crippen molar-refractivity contribution in [1.82, 2.24) is 0 Å². The molecule has 5 heteroatoms. The Morgan fingerprint density at radius 2 is 1.72 bits per heavy atom. The molecule has 25 heavy (non-hydrogen) atoms. The van der Waals surface area contributed by atoms with E-state index < -0.39 is 4.92 Å². The molecule has 2 aromatic rings. The maximum Gasteiger partial charge on any atom is 0.269 e. The van der Waals surface area contributed by atoms with Gasteiger partial charge in [0, 0.05) is 35.3 Å². The van der Waals surface area contributed by atoms with Crippen LogP contribution in [0.25, 0.3) is 0 Å². The molecule has 5 rings (SSSR count). The second kappa shape index (κ2) is 6.16. The Kier molecular flexibility index (Phi) is 3.84. The van der Waals surface area contributed by atoms with Crippen LogP contribution in [0, 0.1) is 16.0 Å². The number of non-ortho nitro benzene ring substituents is 1. The topological polar surface area (TPSA) is 63.5 Å². The number of nitro groups is 1. The summed E-state index contributed by atoms with van der Waals surface area (Å²) in [4.78, 5) is 25.8. The minimum Gasteiger partial charge on any atom is -0.354 e. The highest BCUT2D eigenvalue weighted by Gasteiger charge is 2.42. The van der Waals surface area contributed by atoms with Gasteiger partial charge < -0.3 is 4.90 Å². The number of rotatable bonds is 4. The number of ketones is 1. The Labute approximate surface area is 145 Å². The minimum absolute atomic E-state index is 0.0624. The molecule has 5 nitrogen and oxygen atoms in total. The van der Waals surface area contributed by atoms with Crippen LogP contribution in [0.2, 0.25) is 0 Å². The zero-order valence-corrected chi connectivity index (χ0v) is 13.6. The van der Waals surface area contributed by atoms with E-state index in [1.54, 1.807) is 12.1 Å². The summed E-state index contributed by atoms with van der Waals surface area (Å²) in [5.74, 6) is 0.283. The van der Waals surface area contributed by atoms with E-state index in [0.29, 0.717) is 5.56 Å².